The predicted octanol–water partition coefficient (Wildman–Crippen LogP) is 3.87. The monoisotopic (exact) mass is 369 g/mol. The predicted molar refractivity (Wildman–Crippen MR) is 112 cm³/mol. The van der Waals surface area contributed by atoms with Crippen LogP contribution in [0.25, 0.3) is 21.9 Å². The summed E-state index contributed by atoms with van der Waals surface area (Å²) >= 11 is 0. The number of imidazole rings is 1. The lowest BCUT2D eigenvalue weighted by Crippen LogP contribution is -2.36. The fourth-order valence-corrected chi connectivity index (χ4v) is 3.31. The van der Waals surface area contributed by atoms with Gasteiger partial charge in [-0.2, -0.15) is 0 Å². The zero-order chi connectivity index (χ0) is 19.4. The lowest BCUT2D eigenvalue weighted by atomic mass is 10.1. The highest BCUT2D eigenvalue weighted by Gasteiger charge is 2.17. The normalized spacial score (nSPS) is 12.3. The Morgan fingerprint density at radius 3 is 2.67 bits per heavy atom. The maximum atomic E-state index is 6.22. The summed E-state index contributed by atoms with van der Waals surface area (Å²) in [5.74, 6) is 1.40. The number of fused-ring (bicyclic) bond motifs is 3. The van der Waals surface area contributed by atoms with Crippen molar-refractivity contribution in [3.05, 3.63) is 30.1 Å². The molecule has 0 aliphatic rings. The number of aryl methyl sites for hydroxylation is 1. The Bertz CT molecular complexity index is 910. The molecule has 2 heterocycles. The Hall–Kier alpha value is -2.18. The lowest BCUT2D eigenvalue weighted by Gasteiger charge is -2.20. The van der Waals surface area contributed by atoms with E-state index in [0.717, 1.165) is 53.7 Å². The molecule has 0 bridgehead atoms. The van der Waals surface area contributed by atoms with Crippen molar-refractivity contribution in [1.82, 2.24) is 19.9 Å². The summed E-state index contributed by atoms with van der Waals surface area (Å²) in [5.41, 5.74) is 9.11. The molecule has 1 aromatic carbocycles. The van der Waals surface area contributed by atoms with Crippen molar-refractivity contribution in [1.29, 1.82) is 0 Å². The first-order valence-electron chi connectivity index (χ1n) is 9.77. The highest BCUT2D eigenvalue weighted by atomic mass is 16.5. The number of hydrogen-bond donors (Lipinski definition) is 2. The molecule has 27 heavy (non-hydrogen) atoms. The number of unbranched alkanes of at least 4 members (excludes halogenated alkanes) is 1. The molecule has 0 radical (unpaired) electrons. The van der Waals surface area contributed by atoms with E-state index < -0.39 is 0 Å². The van der Waals surface area contributed by atoms with Gasteiger partial charge >= 0.3 is 0 Å². The molecule has 0 atom stereocenters. The summed E-state index contributed by atoms with van der Waals surface area (Å²) < 4.78 is 7.92. The number of pyridine rings is 1. The van der Waals surface area contributed by atoms with Gasteiger partial charge in [0.25, 0.3) is 0 Å². The summed E-state index contributed by atoms with van der Waals surface area (Å²) in [6.07, 6.45) is 2.16. The Morgan fingerprint density at radius 2 is 1.93 bits per heavy atom. The molecule has 6 heteroatoms. The first-order chi connectivity index (χ1) is 12.9. The fraction of sp³-hybridized carbons (Fsp3) is 0.524. The summed E-state index contributed by atoms with van der Waals surface area (Å²) in [7, 11) is 0. The van der Waals surface area contributed by atoms with Crippen LogP contribution in [0.5, 0.6) is 0 Å². The van der Waals surface area contributed by atoms with E-state index in [1.807, 2.05) is 25.1 Å². The molecule has 3 aromatic rings. The van der Waals surface area contributed by atoms with Crippen LogP contribution in [0.4, 0.5) is 5.82 Å². The van der Waals surface area contributed by atoms with Crippen LogP contribution in [0, 0.1) is 0 Å². The van der Waals surface area contributed by atoms with Crippen molar-refractivity contribution >= 4 is 27.8 Å². The molecule has 3 N–H and O–H groups in total. The number of para-hydroxylation sites is 1. The summed E-state index contributed by atoms with van der Waals surface area (Å²) in [6, 6.07) is 8.11. The third kappa shape index (κ3) is 4.57. The van der Waals surface area contributed by atoms with Crippen LogP contribution >= 0.6 is 0 Å². The molecule has 0 aliphatic carbocycles. The van der Waals surface area contributed by atoms with Crippen LogP contribution in [0.3, 0.4) is 0 Å². The van der Waals surface area contributed by atoms with Crippen LogP contribution in [0.1, 0.15) is 46.4 Å². The Kier molecular flexibility index (Phi) is 5.97. The number of rotatable bonds is 8. The van der Waals surface area contributed by atoms with Crippen molar-refractivity contribution in [2.75, 3.05) is 18.9 Å². The van der Waals surface area contributed by atoms with E-state index in [4.69, 9.17) is 15.5 Å². The number of benzene rings is 1. The SMILES string of the molecule is CCOCc1nc2c(N)nc3ccccc3c2n1CCCCNC(C)(C)C. The fourth-order valence-electron chi connectivity index (χ4n) is 3.31. The molecule has 0 saturated carbocycles. The summed E-state index contributed by atoms with van der Waals surface area (Å²) in [4.78, 5) is 9.30. The maximum absolute atomic E-state index is 6.22. The van der Waals surface area contributed by atoms with Gasteiger partial charge in [0.05, 0.1) is 11.0 Å². The van der Waals surface area contributed by atoms with Crippen molar-refractivity contribution in [3.63, 3.8) is 0 Å². The lowest BCUT2D eigenvalue weighted by molar-refractivity contribution is 0.126. The van der Waals surface area contributed by atoms with Crippen LogP contribution in [-0.4, -0.2) is 33.2 Å². The summed E-state index contributed by atoms with van der Waals surface area (Å²) in [6.45, 7) is 11.6. The van der Waals surface area contributed by atoms with Gasteiger partial charge in [-0.05, 0) is 53.1 Å². The Labute approximate surface area is 161 Å². The van der Waals surface area contributed by atoms with Crippen molar-refractivity contribution in [3.8, 4) is 0 Å². The minimum Gasteiger partial charge on any atom is -0.382 e. The van der Waals surface area contributed by atoms with Gasteiger partial charge in [0.2, 0.25) is 0 Å². The third-order valence-electron chi connectivity index (χ3n) is 4.59. The number of ether oxygens (including phenoxy) is 1. The van der Waals surface area contributed by atoms with Crippen molar-refractivity contribution in [2.45, 2.75) is 59.2 Å². The van der Waals surface area contributed by atoms with Crippen LogP contribution in [0.15, 0.2) is 24.3 Å². The zero-order valence-electron chi connectivity index (χ0n) is 16.9. The topological polar surface area (TPSA) is 78.0 Å². The van der Waals surface area contributed by atoms with Gasteiger partial charge in [-0.3, -0.25) is 0 Å². The van der Waals surface area contributed by atoms with E-state index in [1.165, 1.54) is 0 Å². The first-order valence-corrected chi connectivity index (χ1v) is 9.77. The third-order valence-corrected chi connectivity index (χ3v) is 4.59. The van der Waals surface area contributed by atoms with Gasteiger partial charge in [0, 0.05) is 24.1 Å². The highest BCUT2D eigenvalue weighted by molar-refractivity contribution is 6.06. The minimum absolute atomic E-state index is 0.151. The molecular formula is C21H31N5O. The minimum atomic E-state index is 0.151. The zero-order valence-corrected chi connectivity index (χ0v) is 16.9. The quantitative estimate of drug-likeness (QED) is 0.589. The van der Waals surface area contributed by atoms with Crippen LogP contribution < -0.4 is 11.1 Å². The molecule has 3 rings (SSSR count). The number of anilines is 1. The standard InChI is InChI=1S/C21H31N5O/c1-5-27-14-17-25-18-19(15-10-6-7-11-16(15)24-20(18)22)26(17)13-9-8-12-23-21(2,3)4/h6-7,10-11,23H,5,8-9,12-14H2,1-4H3,(H2,22,24). The largest absolute Gasteiger partial charge is 0.382 e. The molecule has 0 fully saturated rings. The molecule has 0 unspecified atom stereocenters. The second-order valence-corrected chi connectivity index (χ2v) is 7.91. The van der Waals surface area contributed by atoms with Crippen molar-refractivity contribution in [2.24, 2.45) is 0 Å². The first kappa shape index (κ1) is 19.6. The van der Waals surface area contributed by atoms with E-state index in [1.54, 1.807) is 0 Å². The molecule has 146 valence electrons. The van der Waals surface area contributed by atoms with E-state index in [-0.39, 0.29) is 5.54 Å². The summed E-state index contributed by atoms with van der Waals surface area (Å²) in [5, 5.41) is 4.63. The second-order valence-electron chi connectivity index (χ2n) is 7.91. The second kappa shape index (κ2) is 8.23. The number of nitrogens with one attached hydrogen (secondary N) is 1. The molecule has 0 aliphatic heterocycles. The Balaban J connectivity index is 1.92. The molecule has 0 spiro atoms. The molecule has 2 aromatic heterocycles. The number of nitrogen functional groups attached to an aromatic ring is 1. The number of nitrogens with zero attached hydrogens (tertiary/aromatic N) is 3. The van der Waals surface area contributed by atoms with E-state index in [2.05, 4.69) is 41.7 Å². The van der Waals surface area contributed by atoms with E-state index in [9.17, 15) is 0 Å². The van der Waals surface area contributed by atoms with Gasteiger partial charge in [0.15, 0.2) is 5.82 Å². The average molecular weight is 370 g/mol. The van der Waals surface area contributed by atoms with E-state index >= 15 is 0 Å². The van der Waals surface area contributed by atoms with Gasteiger partial charge < -0.3 is 20.4 Å². The number of nitrogens with two attached hydrogens (primary N) is 1. The van der Waals surface area contributed by atoms with E-state index in [0.29, 0.717) is 19.0 Å². The van der Waals surface area contributed by atoms with Gasteiger partial charge in [0.1, 0.15) is 17.9 Å². The molecule has 6 nitrogen and oxygen atoms in total. The Morgan fingerprint density at radius 1 is 1.15 bits per heavy atom. The van der Waals surface area contributed by atoms with Crippen molar-refractivity contribution < 1.29 is 4.74 Å². The number of aromatic nitrogens is 3. The van der Waals surface area contributed by atoms with Gasteiger partial charge in [-0.15, -0.1) is 0 Å². The smallest absolute Gasteiger partial charge is 0.152 e. The average Bonchev–Trinajstić information content (AvgIpc) is 2.98. The molecule has 0 saturated heterocycles. The van der Waals surface area contributed by atoms with Gasteiger partial charge in [-0.25, -0.2) is 9.97 Å². The molecule has 0 amide bonds. The van der Waals surface area contributed by atoms with Crippen LogP contribution in [-0.2, 0) is 17.9 Å². The van der Waals surface area contributed by atoms with Gasteiger partial charge in [-0.1, -0.05) is 18.2 Å². The van der Waals surface area contributed by atoms with Crippen LogP contribution in [0.2, 0.25) is 0 Å². The highest BCUT2D eigenvalue weighted by Crippen LogP contribution is 2.29. The molecular weight excluding hydrogens is 338 g/mol. The number of hydrogen-bond acceptors (Lipinski definition) is 5. The maximum Gasteiger partial charge on any atom is 0.152 e.